The maximum Gasteiger partial charge on any atom is -0.0266 e. The summed E-state index contributed by atoms with van der Waals surface area (Å²) in [4.78, 5) is 0. The first-order valence-electron chi connectivity index (χ1n) is 5.75. The Morgan fingerprint density at radius 3 is 2.33 bits per heavy atom. The van der Waals surface area contributed by atoms with Gasteiger partial charge in [-0.15, -0.1) is 0 Å². The molecule has 2 rings (SSSR count). The molecule has 2 aliphatic carbocycles. The molecule has 70 valence electrons. The average molecular weight is 166 g/mol. The molecular formula is C12H22. The normalized spacial score (nSPS) is 33.8. The summed E-state index contributed by atoms with van der Waals surface area (Å²) in [5, 5.41) is 0. The summed E-state index contributed by atoms with van der Waals surface area (Å²) >= 11 is 0. The molecule has 0 bridgehead atoms. The molecule has 0 aliphatic heterocycles. The summed E-state index contributed by atoms with van der Waals surface area (Å²) in [6, 6.07) is 0. The van der Waals surface area contributed by atoms with Crippen molar-refractivity contribution in [2.24, 2.45) is 17.3 Å². The first-order chi connectivity index (χ1) is 5.75. The molecule has 1 unspecified atom stereocenters. The van der Waals surface area contributed by atoms with Gasteiger partial charge in [0.05, 0.1) is 0 Å². The lowest BCUT2D eigenvalue weighted by Gasteiger charge is -2.28. The van der Waals surface area contributed by atoms with Gasteiger partial charge in [-0.2, -0.15) is 0 Å². The van der Waals surface area contributed by atoms with Crippen LogP contribution in [0, 0.1) is 17.3 Å². The van der Waals surface area contributed by atoms with Gasteiger partial charge in [0.2, 0.25) is 0 Å². The lowest BCUT2D eigenvalue weighted by molar-refractivity contribution is 0.216. The standard InChI is InChI=1S/C12H22/c1-10(2)11-6-4-3-5-7-12(11)8-9-12/h10-11H,3-9H2,1-2H3. The van der Waals surface area contributed by atoms with Gasteiger partial charge in [0.1, 0.15) is 0 Å². The molecule has 2 saturated carbocycles. The second-order valence-electron chi connectivity index (χ2n) is 5.31. The van der Waals surface area contributed by atoms with Gasteiger partial charge in [0, 0.05) is 0 Å². The van der Waals surface area contributed by atoms with Crippen molar-refractivity contribution < 1.29 is 0 Å². The van der Waals surface area contributed by atoms with E-state index in [0.717, 1.165) is 17.3 Å². The van der Waals surface area contributed by atoms with Gasteiger partial charge in [-0.3, -0.25) is 0 Å². The van der Waals surface area contributed by atoms with Crippen LogP contribution >= 0.6 is 0 Å². The first kappa shape index (κ1) is 8.59. The van der Waals surface area contributed by atoms with Gasteiger partial charge in [-0.1, -0.05) is 33.1 Å². The average Bonchev–Trinajstić information content (AvgIpc) is 2.80. The summed E-state index contributed by atoms with van der Waals surface area (Å²) in [5.74, 6) is 2.01. The van der Waals surface area contributed by atoms with Crippen molar-refractivity contribution in [2.75, 3.05) is 0 Å². The molecule has 0 radical (unpaired) electrons. The molecule has 0 amide bonds. The molecule has 1 spiro atoms. The fourth-order valence-corrected chi connectivity index (χ4v) is 3.33. The van der Waals surface area contributed by atoms with Gasteiger partial charge in [-0.05, 0) is 42.9 Å². The van der Waals surface area contributed by atoms with Crippen LogP contribution in [-0.2, 0) is 0 Å². The third-order valence-corrected chi connectivity index (χ3v) is 4.17. The minimum absolute atomic E-state index is 0.852. The second-order valence-corrected chi connectivity index (χ2v) is 5.31. The Bertz CT molecular complexity index is 153. The molecule has 2 fully saturated rings. The third kappa shape index (κ3) is 1.41. The van der Waals surface area contributed by atoms with Crippen molar-refractivity contribution in [3.63, 3.8) is 0 Å². The van der Waals surface area contributed by atoms with E-state index in [1.54, 1.807) is 19.3 Å². The highest BCUT2D eigenvalue weighted by Crippen LogP contribution is 2.60. The summed E-state index contributed by atoms with van der Waals surface area (Å²) in [6.07, 6.45) is 10.7. The van der Waals surface area contributed by atoms with Crippen molar-refractivity contribution in [3.05, 3.63) is 0 Å². The van der Waals surface area contributed by atoms with Crippen LogP contribution in [0.3, 0.4) is 0 Å². The lowest BCUT2D eigenvalue weighted by atomic mass is 9.77. The van der Waals surface area contributed by atoms with Crippen LogP contribution in [0.1, 0.15) is 58.8 Å². The summed E-state index contributed by atoms with van der Waals surface area (Å²) in [6.45, 7) is 4.85. The zero-order valence-corrected chi connectivity index (χ0v) is 8.60. The Labute approximate surface area is 76.7 Å². The molecular weight excluding hydrogens is 144 g/mol. The topological polar surface area (TPSA) is 0 Å². The Balaban J connectivity index is 2.06. The molecule has 0 nitrogen and oxygen atoms in total. The van der Waals surface area contributed by atoms with E-state index in [9.17, 15) is 0 Å². The van der Waals surface area contributed by atoms with E-state index < -0.39 is 0 Å². The highest BCUT2D eigenvalue weighted by atomic mass is 14.5. The van der Waals surface area contributed by atoms with Crippen LogP contribution in [-0.4, -0.2) is 0 Å². The van der Waals surface area contributed by atoms with Crippen LogP contribution in [0.4, 0.5) is 0 Å². The van der Waals surface area contributed by atoms with Crippen LogP contribution in [0.5, 0.6) is 0 Å². The van der Waals surface area contributed by atoms with Gasteiger partial charge < -0.3 is 0 Å². The summed E-state index contributed by atoms with van der Waals surface area (Å²) < 4.78 is 0. The van der Waals surface area contributed by atoms with E-state index >= 15 is 0 Å². The minimum Gasteiger partial charge on any atom is -0.0625 e. The molecule has 0 aromatic heterocycles. The van der Waals surface area contributed by atoms with E-state index in [1.807, 2.05) is 0 Å². The van der Waals surface area contributed by atoms with E-state index in [0.29, 0.717) is 0 Å². The molecule has 1 atom stereocenters. The zero-order valence-electron chi connectivity index (χ0n) is 8.60. The summed E-state index contributed by atoms with van der Waals surface area (Å²) in [5.41, 5.74) is 0.852. The van der Waals surface area contributed by atoms with Crippen molar-refractivity contribution >= 4 is 0 Å². The predicted molar refractivity (Wildman–Crippen MR) is 53.1 cm³/mol. The smallest absolute Gasteiger partial charge is 0.0266 e. The molecule has 0 aromatic carbocycles. The molecule has 12 heavy (non-hydrogen) atoms. The van der Waals surface area contributed by atoms with Crippen molar-refractivity contribution in [3.8, 4) is 0 Å². The highest BCUT2D eigenvalue weighted by Gasteiger charge is 2.49. The van der Waals surface area contributed by atoms with Gasteiger partial charge >= 0.3 is 0 Å². The Morgan fingerprint density at radius 1 is 1.00 bits per heavy atom. The van der Waals surface area contributed by atoms with Crippen LogP contribution < -0.4 is 0 Å². The fraction of sp³-hybridized carbons (Fsp3) is 1.00. The van der Waals surface area contributed by atoms with Crippen LogP contribution in [0.25, 0.3) is 0 Å². The van der Waals surface area contributed by atoms with E-state index in [-0.39, 0.29) is 0 Å². The van der Waals surface area contributed by atoms with Crippen LogP contribution in [0.2, 0.25) is 0 Å². The van der Waals surface area contributed by atoms with Crippen molar-refractivity contribution in [1.29, 1.82) is 0 Å². The quantitative estimate of drug-likeness (QED) is 0.552. The maximum absolute atomic E-state index is 2.43. The van der Waals surface area contributed by atoms with E-state index in [1.165, 1.54) is 25.7 Å². The Hall–Kier alpha value is 0. The SMILES string of the molecule is CC(C)C1CCCCCC12CC2. The molecule has 0 aromatic rings. The first-order valence-corrected chi connectivity index (χ1v) is 5.75. The van der Waals surface area contributed by atoms with Crippen molar-refractivity contribution in [1.82, 2.24) is 0 Å². The lowest BCUT2D eigenvalue weighted by Crippen LogP contribution is -2.20. The van der Waals surface area contributed by atoms with E-state index in [2.05, 4.69) is 13.8 Å². The highest BCUT2D eigenvalue weighted by molar-refractivity contribution is 5.00. The van der Waals surface area contributed by atoms with Crippen molar-refractivity contribution in [2.45, 2.75) is 58.8 Å². The molecule has 0 saturated heterocycles. The number of hydrogen-bond acceptors (Lipinski definition) is 0. The number of hydrogen-bond donors (Lipinski definition) is 0. The molecule has 0 heteroatoms. The Kier molecular flexibility index (Phi) is 2.18. The number of rotatable bonds is 1. The zero-order chi connectivity index (χ0) is 8.60. The minimum atomic E-state index is 0.852. The Morgan fingerprint density at radius 2 is 1.75 bits per heavy atom. The van der Waals surface area contributed by atoms with Crippen LogP contribution in [0.15, 0.2) is 0 Å². The van der Waals surface area contributed by atoms with Gasteiger partial charge in [0.25, 0.3) is 0 Å². The third-order valence-electron chi connectivity index (χ3n) is 4.17. The van der Waals surface area contributed by atoms with Gasteiger partial charge in [0.15, 0.2) is 0 Å². The molecule has 0 N–H and O–H groups in total. The van der Waals surface area contributed by atoms with Gasteiger partial charge in [-0.25, -0.2) is 0 Å². The summed E-state index contributed by atoms with van der Waals surface area (Å²) in [7, 11) is 0. The van der Waals surface area contributed by atoms with E-state index in [4.69, 9.17) is 0 Å². The monoisotopic (exact) mass is 166 g/mol. The molecule has 0 heterocycles. The second kappa shape index (κ2) is 3.05. The fourth-order valence-electron chi connectivity index (χ4n) is 3.33. The maximum atomic E-state index is 2.43. The molecule has 2 aliphatic rings. The largest absolute Gasteiger partial charge is 0.0625 e. The predicted octanol–water partition coefficient (Wildman–Crippen LogP) is 4.00.